The van der Waals surface area contributed by atoms with E-state index in [4.69, 9.17) is 9.72 Å². The monoisotopic (exact) mass is 481 g/mol. The maximum Gasteiger partial charge on any atom is 0.252 e. The number of nitrogens with one attached hydrogen (secondary N) is 1. The minimum atomic E-state index is -0.0666. The molecule has 3 heterocycles. The molecule has 1 aliphatic rings. The summed E-state index contributed by atoms with van der Waals surface area (Å²) in [7, 11) is 1.69. The fourth-order valence-electron chi connectivity index (χ4n) is 4.65. The number of benzene rings is 2. The summed E-state index contributed by atoms with van der Waals surface area (Å²) >= 11 is 0. The van der Waals surface area contributed by atoms with Crippen LogP contribution in [0.2, 0.25) is 0 Å². The number of amides is 1. The third-order valence-electron chi connectivity index (χ3n) is 6.66. The van der Waals surface area contributed by atoms with Crippen molar-refractivity contribution >= 4 is 22.5 Å². The number of fused-ring (bicyclic) bond motifs is 1. The average molecular weight is 482 g/mol. The van der Waals surface area contributed by atoms with E-state index in [-0.39, 0.29) is 5.91 Å². The minimum absolute atomic E-state index is 0.0666. The van der Waals surface area contributed by atoms with Crippen molar-refractivity contribution in [2.45, 2.75) is 6.42 Å². The Morgan fingerprint density at radius 1 is 1.00 bits per heavy atom. The van der Waals surface area contributed by atoms with E-state index in [1.807, 2.05) is 54.6 Å². The number of carbonyl (C=O) groups is 1. The van der Waals surface area contributed by atoms with Crippen molar-refractivity contribution in [1.29, 1.82) is 0 Å². The van der Waals surface area contributed by atoms with Gasteiger partial charge in [0, 0.05) is 61.8 Å². The molecule has 0 radical (unpaired) electrons. The van der Waals surface area contributed by atoms with Crippen molar-refractivity contribution in [1.82, 2.24) is 20.2 Å². The predicted molar refractivity (Wildman–Crippen MR) is 144 cm³/mol. The molecule has 0 saturated carbocycles. The highest BCUT2D eigenvalue weighted by molar-refractivity contribution is 6.07. The molecule has 1 fully saturated rings. The third-order valence-corrected chi connectivity index (χ3v) is 6.66. The summed E-state index contributed by atoms with van der Waals surface area (Å²) in [5.41, 5.74) is 4.33. The maximum atomic E-state index is 13.2. The van der Waals surface area contributed by atoms with Crippen molar-refractivity contribution in [2.24, 2.45) is 0 Å². The number of aromatic nitrogens is 2. The average Bonchev–Trinajstić information content (AvgIpc) is 2.95. The summed E-state index contributed by atoms with van der Waals surface area (Å²) in [6.07, 6.45) is 4.41. The van der Waals surface area contributed by atoms with Crippen LogP contribution in [0.1, 0.15) is 16.8 Å². The molecule has 1 amide bonds. The lowest BCUT2D eigenvalue weighted by Crippen LogP contribution is -2.47. The fourth-order valence-corrected chi connectivity index (χ4v) is 4.65. The van der Waals surface area contributed by atoms with E-state index in [2.05, 4.69) is 32.2 Å². The Balaban J connectivity index is 1.15. The van der Waals surface area contributed by atoms with Gasteiger partial charge < -0.3 is 15.0 Å². The standard InChI is InChI=1S/C29H31N5O2/c1-36-24-11-9-23(10-12-24)34-18-16-33(17-19-34)15-5-14-31-29(35)26-20-28(22-6-4-13-30-21-22)32-27-8-3-2-7-25(26)27/h2-4,6-13,20-21H,5,14-19H2,1H3,(H,31,35). The van der Waals surface area contributed by atoms with Gasteiger partial charge in [-0.25, -0.2) is 4.98 Å². The SMILES string of the molecule is COc1ccc(N2CCN(CCCNC(=O)c3cc(-c4cccnc4)nc4ccccc34)CC2)cc1. The molecule has 2 aromatic carbocycles. The molecule has 1 N–H and O–H groups in total. The molecular formula is C29H31N5O2. The summed E-state index contributed by atoms with van der Waals surface area (Å²) in [6, 6.07) is 21.7. The highest BCUT2D eigenvalue weighted by Gasteiger charge is 2.18. The summed E-state index contributed by atoms with van der Waals surface area (Å²) in [4.78, 5) is 27.0. The van der Waals surface area contributed by atoms with E-state index in [0.717, 1.165) is 67.1 Å². The van der Waals surface area contributed by atoms with Crippen molar-refractivity contribution in [2.75, 3.05) is 51.3 Å². The predicted octanol–water partition coefficient (Wildman–Crippen LogP) is 4.25. The number of hydrogen-bond acceptors (Lipinski definition) is 6. The normalized spacial score (nSPS) is 14.1. The van der Waals surface area contributed by atoms with Gasteiger partial charge in [0.15, 0.2) is 0 Å². The molecular weight excluding hydrogens is 450 g/mol. The Morgan fingerprint density at radius 2 is 1.81 bits per heavy atom. The number of nitrogens with zero attached hydrogens (tertiary/aromatic N) is 4. The maximum absolute atomic E-state index is 13.2. The Morgan fingerprint density at radius 3 is 2.56 bits per heavy atom. The molecule has 0 aliphatic carbocycles. The zero-order chi connectivity index (χ0) is 24.7. The van der Waals surface area contributed by atoms with Crippen LogP contribution < -0.4 is 15.0 Å². The van der Waals surface area contributed by atoms with E-state index in [9.17, 15) is 4.79 Å². The first-order valence-electron chi connectivity index (χ1n) is 12.4. The van der Waals surface area contributed by atoms with Gasteiger partial charge in [0.1, 0.15) is 5.75 Å². The van der Waals surface area contributed by atoms with Gasteiger partial charge in [-0.3, -0.25) is 14.7 Å². The number of ether oxygens (including phenoxy) is 1. The minimum Gasteiger partial charge on any atom is -0.497 e. The Bertz CT molecular complexity index is 1300. The van der Waals surface area contributed by atoms with Crippen molar-refractivity contribution in [3.63, 3.8) is 0 Å². The second-order valence-electron chi connectivity index (χ2n) is 8.95. The van der Waals surface area contributed by atoms with Crippen LogP contribution in [0, 0.1) is 0 Å². The molecule has 0 atom stereocenters. The second kappa shape index (κ2) is 11.2. The van der Waals surface area contributed by atoms with E-state index in [1.54, 1.807) is 19.5 Å². The second-order valence-corrected chi connectivity index (χ2v) is 8.95. The van der Waals surface area contributed by atoms with E-state index in [1.165, 1.54) is 5.69 Å². The molecule has 4 aromatic rings. The largest absolute Gasteiger partial charge is 0.497 e. The molecule has 5 rings (SSSR count). The van der Waals surface area contributed by atoms with Crippen molar-refractivity contribution in [3.8, 4) is 17.0 Å². The van der Waals surface area contributed by atoms with E-state index in [0.29, 0.717) is 12.1 Å². The third kappa shape index (κ3) is 5.47. The van der Waals surface area contributed by atoms with Crippen LogP contribution >= 0.6 is 0 Å². The van der Waals surface area contributed by atoms with Gasteiger partial charge in [-0.05, 0) is 61.5 Å². The van der Waals surface area contributed by atoms with E-state index >= 15 is 0 Å². The number of carbonyl (C=O) groups excluding carboxylic acids is 1. The summed E-state index contributed by atoms with van der Waals surface area (Å²) < 4.78 is 5.26. The van der Waals surface area contributed by atoms with Crippen LogP contribution in [0.5, 0.6) is 5.75 Å². The van der Waals surface area contributed by atoms with Crippen LogP contribution in [0.25, 0.3) is 22.2 Å². The molecule has 1 saturated heterocycles. The first-order valence-corrected chi connectivity index (χ1v) is 12.4. The number of methoxy groups -OCH3 is 1. The number of para-hydroxylation sites is 1. The Kier molecular flexibility index (Phi) is 7.38. The highest BCUT2D eigenvalue weighted by Crippen LogP contribution is 2.24. The van der Waals surface area contributed by atoms with Crippen molar-refractivity contribution in [3.05, 3.63) is 84.7 Å². The van der Waals surface area contributed by atoms with Gasteiger partial charge in [-0.2, -0.15) is 0 Å². The van der Waals surface area contributed by atoms with Crippen LogP contribution in [-0.2, 0) is 0 Å². The Labute approximate surface area is 211 Å². The number of anilines is 1. The van der Waals surface area contributed by atoms with Gasteiger partial charge in [0.25, 0.3) is 5.91 Å². The molecule has 7 heteroatoms. The molecule has 184 valence electrons. The molecule has 0 unspecified atom stereocenters. The van der Waals surface area contributed by atoms with Gasteiger partial charge in [0.05, 0.1) is 23.9 Å². The summed E-state index contributed by atoms with van der Waals surface area (Å²) in [5, 5.41) is 3.98. The highest BCUT2D eigenvalue weighted by atomic mass is 16.5. The van der Waals surface area contributed by atoms with Gasteiger partial charge >= 0.3 is 0 Å². The zero-order valence-corrected chi connectivity index (χ0v) is 20.6. The smallest absolute Gasteiger partial charge is 0.252 e. The molecule has 0 bridgehead atoms. The molecule has 2 aromatic heterocycles. The molecule has 36 heavy (non-hydrogen) atoms. The lowest BCUT2D eigenvalue weighted by Gasteiger charge is -2.36. The first-order chi connectivity index (χ1) is 17.7. The molecule has 0 spiro atoms. The quantitative estimate of drug-likeness (QED) is 0.380. The summed E-state index contributed by atoms with van der Waals surface area (Å²) in [6.45, 7) is 5.63. The lowest BCUT2D eigenvalue weighted by molar-refractivity contribution is 0.0953. The van der Waals surface area contributed by atoms with Gasteiger partial charge in [0.2, 0.25) is 0 Å². The number of piperazine rings is 1. The number of hydrogen-bond donors (Lipinski definition) is 1. The van der Waals surface area contributed by atoms with E-state index < -0.39 is 0 Å². The van der Waals surface area contributed by atoms with Gasteiger partial charge in [-0.1, -0.05) is 18.2 Å². The van der Waals surface area contributed by atoms with Crippen LogP contribution in [0.4, 0.5) is 5.69 Å². The summed E-state index contributed by atoms with van der Waals surface area (Å²) in [5.74, 6) is 0.815. The Hall–Kier alpha value is -3.97. The van der Waals surface area contributed by atoms with Gasteiger partial charge in [-0.15, -0.1) is 0 Å². The molecule has 1 aliphatic heterocycles. The molecule has 7 nitrogen and oxygen atoms in total. The van der Waals surface area contributed by atoms with Crippen LogP contribution in [0.3, 0.4) is 0 Å². The number of rotatable bonds is 8. The lowest BCUT2D eigenvalue weighted by atomic mass is 10.0. The first kappa shape index (κ1) is 23.8. The van der Waals surface area contributed by atoms with Crippen LogP contribution in [-0.4, -0.2) is 67.2 Å². The number of pyridine rings is 2. The topological polar surface area (TPSA) is 70.6 Å². The van der Waals surface area contributed by atoms with Crippen LogP contribution in [0.15, 0.2) is 79.1 Å². The zero-order valence-electron chi connectivity index (χ0n) is 20.6. The van der Waals surface area contributed by atoms with Crippen molar-refractivity contribution < 1.29 is 9.53 Å². The fraction of sp³-hybridized carbons (Fsp3) is 0.276.